The Bertz CT molecular complexity index is 1350. The molecule has 2 aromatic heterocycles. The molecule has 1 aromatic carbocycles. The average Bonchev–Trinajstić information content (AvgIpc) is 3.48. The predicted octanol–water partition coefficient (Wildman–Crippen LogP) is 2.80. The molecule has 2 saturated heterocycles. The smallest absolute Gasteiger partial charge is 0.231 e. The van der Waals surface area contributed by atoms with E-state index in [4.69, 9.17) is 11.6 Å². The molecular formula is C24H23ClFN9. The quantitative estimate of drug-likeness (QED) is 0.550. The second kappa shape index (κ2) is 7.35. The number of benzene rings is 1. The van der Waals surface area contributed by atoms with Gasteiger partial charge in [0, 0.05) is 49.7 Å². The van der Waals surface area contributed by atoms with Crippen molar-refractivity contribution in [2.75, 3.05) is 42.5 Å². The molecule has 0 N–H and O–H groups in total. The summed E-state index contributed by atoms with van der Waals surface area (Å²) in [7, 11) is 0. The van der Waals surface area contributed by atoms with Crippen LogP contribution in [0.1, 0.15) is 24.2 Å². The summed E-state index contributed by atoms with van der Waals surface area (Å²) >= 11 is 6.37. The highest BCUT2D eigenvalue weighted by Gasteiger charge is 2.54. The maximum absolute atomic E-state index is 13.1. The molecule has 4 aliphatic rings. The highest BCUT2D eigenvalue weighted by atomic mass is 35.5. The van der Waals surface area contributed by atoms with Crippen LogP contribution in [0.25, 0.3) is 5.69 Å². The van der Waals surface area contributed by atoms with Crippen LogP contribution in [0.15, 0.2) is 30.6 Å². The summed E-state index contributed by atoms with van der Waals surface area (Å²) in [5.41, 5.74) is 2.09. The minimum absolute atomic E-state index is 0.162. The normalized spacial score (nSPS) is 21.4. The number of halogens is 2. The van der Waals surface area contributed by atoms with Crippen LogP contribution in [0.5, 0.6) is 0 Å². The summed E-state index contributed by atoms with van der Waals surface area (Å²) < 4.78 is 15.3. The van der Waals surface area contributed by atoms with E-state index < -0.39 is 5.82 Å². The van der Waals surface area contributed by atoms with Crippen molar-refractivity contribution in [1.82, 2.24) is 29.6 Å². The summed E-state index contributed by atoms with van der Waals surface area (Å²) in [6, 6.07) is 8.47. The number of hydrogen-bond acceptors (Lipinski definition) is 8. The van der Waals surface area contributed by atoms with Crippen LogP contribution < -0.4 is 9.80 Å². The lowest BCUT2D eigenvalue weighted by Gasteiger charge is -2.60. The number of rotatable bonds is 4. The van der Waals surface area contributed by atoms with Gasteiger partial charge in [-0.25, -0.2) is 14.4 Å². The van der Waals surface area contributed by atoms with E-state index in [0.717, 1.165) is 75.1 Å². The minimum atomic E-state index is -0.425. The SMILES string of the molecule is N#CC1(CN2Cc3cc(Cl)ccc3-n3c(nnc3N3CC4(CN(c5ncc(F)cn5)C4)C3)C2)CC1. The number of anilines is 2. The van der Waals surface area contributed by atoms with Gasteiger partial charge in [0.15, 0.2) is 11.6 Å². The molecule has 3 fully saturated rings. The van der Waals surface area contributed by atoms with Crippen molar-refractivity contribution >= 4 is 23.5 Å². The Hall–Kier alpha value is -3.29. The summed E-state index contributed by atoms with van der Waals surface area (Å²) in [5.74, 6) is 1.87. The van der Waals surface area contributed by atoms with Crippen LogP contribution in [0, 0.1) is 28.0 Å². The van der Waals surface area contributed by atoms with Gasteiger partial charge in [0.05, 0.1) is 36.1 Å². The Morgan fingerprint density at radius 3 is 2.49 bits per heavy atom. The van der Waals surface area contributed by atoms with Crippen LogP contribution in [-0.2, 0) is 13.1 Å². The lowest BCUT2D eigenvalue weighted by molar-refractivity contribution is 0.152. The van der Waals surface area contributed by atoms with E-state index in [1.54, 1.807) is 0 Å². The van der Waals surface area contributed by atoms with Crippen LogP contribution >= 0.6 is 11.6 Å². The summed E-state index contributed by atoms with van der Waals surface area (Å²) in [6.07, 6.45) is 4.33. The third-order valence-corrected chi connectivity index (χ3v) is 7.88. The van der Waals surface area contributed by atoms with E-state index in [1.807, 2.05) is 18.2 Å². The molecule has 5 heterocycles. The zero-order valence-electron chi connectivity index (χ0n) is 19.0. The number of nitrogens with zero attached hydrogens (tertiary/aromatic N) is 9. The standard InChI is InChI=1S/C24H23ClFN9/c25-17-1-2-19-16(5-17)8-32(11-23(10-27)3-4-23)9-20-30-31-22(35(19)20)34-14-24(15-34)12-33(13-24)21-28-6-18(26)7-29-21/h1-2,5-7H,3-4,8-9,11-15H2. The van der Waals surface area contributed by atoms with E-state index >= 15 is 0 Å². The number of aromatic nitrogens is 5. The first-order chi connectivity index (χ1) is 16.9. The first-order valence-corrected chi connectivity index (χ1v) is 12.2. The Kier molecular flexibility index (Phi) is 4.42. The van der Waals surface area contributed by atoms with Gasteiger partial charge in [0.25, 0.3) is 0 Å². The van der Waals surface area contributed by atoms with Gasteiger partial charge in [-0.3, -0.25) is 9.47 Å². The van der Waals surface area contributed by atoms with Crippen LogP contribution in [0.3, 0.4) is 0 Å². The Morgan fingerprint density at radius 1 is 1.03 bits per heavy atom. The predicted molar refractivity (Wildman–Crippen MR) is 127 cm³/mol. The molecule has 7 rings (SSSR count). The molecule has 1 aliphatic carbocycles. The van der Waals surface area contributed by atoms with E-state index in [2.05, 4.69) is 45.5 Å². The number of hydrogen-bond donors (Lipinski definition) is 0. The molecule has 11 heteroatoms. The molecule has 35 heavy (non-hydrogen) atoms. The lowest BCUT2D eigenvalue weighted by atomic mass is 9.73. The molecule has 0 unspecified atom stereocenters. The van der Waals surface area contributed by atoms with Gasteiger partial charge in [-0.2, -0.15) is 5.26 Å². The molecule has 9 nitrogen and oxygen atoms in total. The zero-order chi connectivity index (χ0) is 23.8. The lowest BCUT2D eigenvalue weighted by Crippen LogP contribution is -2.73. The molecule has 3 aromatic rings. The molecule has 1 spiro atoms. The van der Waals surface area contributed by atoms with Crippen molar-refractivity contribution < 1.29 is 4.39 Å². The summed E-state index contributed by atoms with van der Waals surface area (Å²) in [4.78, 5) is 14.9. The van der Waals surface area contributed by atoms with Crippen LogP contribution in [-0.4, -0.2) is 62.4 Å². The fraction of sp³-hybridized carbons (Fsp3) is 0.458. The maximum atomic E-state index is 13.1. The first kappa shape index (κ1) is 21.0. The third kappa shape index (κ3) is 3.45. The minimum Gasteiger partial charge on any atom is -0.339 e. The van der Waals surface area contributed by atoms with E-state index in [1.165, 1.54) is 12.4 Å². The molecule has 0 atom stereocenters. The van der Waals surface area contributed by atoms with E-state index in [9.17, 15) is 9.65 Å². The van der Waals surface area contributed by atoms with Gasteiger partial charge >= 0.3 is 0 Å². The maximum Gasteiger partial charge on any atom is 0.231 e. The highest BCUT2D eigenvalue weighted by Crippen LogP contribution is 2.47. The molecule has 0 amide bonds. The molecule has 0 bridgehead atoms. The van der Waals surface area contributed by atoms with Gasteiger partial charge in [0.2, 0.25) is 11.9 Å². The highest BCUT2D eigenvalue weighted by molar-refractivity contribution is 6.30. The second-order valence-corrected chi connectivity index (χ2v) is 10.9. The van der Waals surface area contributed by atoms with E-state index in [0.29, 0.717) is 17.5 Å². The summed E-state index contributed by atoms with van der Waals surface area (Å²) in [6.45, 7) is 5.50. The van der Waals surface area contributed by atoms with Gasteiger partial charge in [-0.1, -0.05) is 11.6 Å². The van der Waals surface area contributed by atoms with Crippen molar-refractivity contribution in [3.8, 4) is 11.8 Å². The monoisotopic (exact) mass is 491 g/mol. The van der Waals surface area contributed by atoms with Crippen LogP contribution in [0.4, 0.5) is 16.3 Å². The molecule has 178 valence electrons. The molecule has 3 aliphatic heterocycles. The van der Waals surface area contributed by atoms with E-state index in [-0.39, 0.29) is 10.8 Å². The first-order valence-electron chi connectivity index (χ1n) is 11.8. The Balaban J connectivity index is 1.13. The van der Waals surface area contributed by atoms with Gasteiger partial charge in [-0.05, 0) is 36.6 Å². The van der Waals surface area contributed by atoms with Gasteiger partial charge in [0.1, 0.15) is 0 Å². The van der Waals surface area contributed by atoms with Crippen molar-refractivity contribution in [2.24, 2.45) is 10.8 Å². The average molecular weight is 492 g/mol. The zero-order valence-corrected chi connectivity index (χ0v) is 19.8. The largest absolute Gasteiger partial charge is 0.339 e. The fourth-order valence-electron chi connectivity index (χ4n) is 5.73. The number of nitriles is 1. The van der Waals surface area contributed by atoms with Crippen molar-refractivity contribution in [3.63, 3.8) is 0 Å². The van der Waals surface area contributed by atoms with Crippen LogP contribution in [0.2, 0.25) is 5.02 Å². The fourth-order valence-corrected chi connectivity index (χ4v) is 5.93. The second-order valence-electron chi connectivity index (χ2n) is 10.5. The van der Waals surface area contributed by atoms with Gasteiger partial charge < -0.3 is 9.80 Å². The summed E-state index contributed by atoms with van der Waals surface area (Å²) in [5, 5.41) is 19.5. The third-order valence-electron chi connectivity index (χ3n) is 7.65. The van der Waals surface area contributed by atoms with Crippen molar-refractivity contribution in [3.05, 3.63) is 52.8 Å². The topological polar surface area (TPSA) is 90.0 Å². The molecule has 1 saturated carbocycles. The Morgan fingerprint density at radius 2 is 1.77 bits per heavy atom. The molecular weight excluding hydrogens is 469 g/mol. The Labute approximate surface area is 206 Å². The van der Waals surface area contributed by atoms with Crippen molar-refractivity contribution in [1.29, 1.82) is 5.26 Å². The van der Waals surface area contributed by atoms with Crippen molar-refractivity contribution in [2.45, 2.75) is 25.9 Å². The van der Waals surface area contributed by atoms with Gasteiger partial charge in [-0.15, -0.1) is 10.2 Å². The number of fused-ring (bicyclic) bond motifs is 3. The molecule has 0 radical (unpaired) electrons.